The molecule has 4 nitrogen and oxygen atoms in total. The molecule has 6 heteroatoms. The number of amides is 1. The summed E-state index contributed by atoms with van der Waals surface area (Å²) >= 11 is 5.57. The second-order valence-corrected chi connectivity index (χ2v) is 5.42. The van der Waals surface area contributed by atoms with Gasteiger partial charge in [-0.2, -0.15) is 0 Å². The number of carboxylic acid groups (broad SMARTS) is 1. The van der Waals surface area contributed by atoms with Crippen LogP contribution >= 0.6 is 11.6 Å². The number of carboxylic acids is 1. The summed E-state index contributed by atoms with van der Waals surface area (Å²) in [6.45, 7) is 0. The number of nitrogens with one attached hydrogen (secondary N) is 1. The molecule has 2 rings (SSSR count). The van der Waals surface area contributed by atoms with Crippen LogP contribution in [-0.2, 0) is 9.59 Å². The summed E-state index contributed by atoms with van der Waals surface area (Å²) in [4.78, 5) is 23.0. The first-order chi connectivity index (χ1) is 9.47. The molecule has 1 aromatic carbocycles. The van der Waals surface area contributed by atoms with Gasteiger partial charge in [-0.15, -0.1) is 0 Å². The van der Waals surface area contributed by atoms with Crippen LogP contribution in [0.2, 0.25) is 5.02 Å². The fraction of sp³-hybridized carbons (Fsp3) is 0.429. The zero-order valence-electron chi connectivity index (χ0n) is 10.7. The molecule has 0 spiro atoms. The van der Waals surface area contributed by atoms with E-state index in [-0.39, 0.29) is 16.8 Å². The second-order valence-electron chi connectivity index (χ2n) is 5.02. The van der Waals surface area contributed by atoms with Gasteiger partial charge in [0, 0.05) is 11.6 Å². The molecule has 2 N–H and O–H groups in total. The predicted molar refractivity (Wildman–Crippen MR) is 73.1 cm³/mol. The second kappa shape index (κ2) is 6.22. The van der Waals surface area contributed by atoms with Crippen molar-refractivity contribution in [2.45, 2.75) is 25.7 Å². The van der Waals surface area contributed by atoms with E-state index in [4.69, 9.17) is 16.7 Å². The summed E-state index contributed by atoms with van der Waals surface area (Å²) in [5.74, 6) is -2.54. The molecule has 1 amide bonds. The van der Waals surface area contributed by atoms with Crippen molar-refractivity contribution in [2.24, 2.45) is 11.8 Å². The Bertz CT molecular complexity index is 535. The number of hydrogen-bond acceptors (Lipinski definition) is 2. The number of carbonyl (C=O) groups is 2. The highest BCUT2D eigenvalue weighted by molar-refractivity contribution is 6.30. The summed E-state index contributed by atoms with van der Waals surface area (Å²) in [5.41, 5.74) is 0.328. The first-order valence-electron chi connectivity index (χ1n) is 6.46. The molecule has 2 unspecified atom stereocenters. The summed E-state index contributed by atoms with van der Waals surface area (Å²) < 4.78 is 13.3. The van der Waals surface area contributed by atoms with Crippen LogP contribution in [0.25, 0.3) is 0 Å². The van der Waals surface area contributed by atoms with E-state index in [0.29, 0.717) is 31.4 Å². The average molecular weight is 300 g/mol. The highest BCUT2D eigenvalue weighted by Gasteiger charge is 2.31. The third-order valence-corrected chi connectivity index (χ3v) is 3.89. The minimum Gasteiger partial charge on any atom is -0.481 e. The summed E-state index contributed by atoms with van der Waals surface area (Å²) in [6.07, 6.45) is 2.31. The number of halogens is 2. The van der Waals surface area contributed by atoms with Gasteiger partial charge in [0.05, 0.1) is 10.9 Å². The monoisotopic (exact) mass is 299 g/mol. The van der Waals surface area contributed by atoms with Crippen molar-refractivity contribution in [3.05, 3.63) is 29.0 Å². The fourth-order valence-electron chi connectivity index (χ4n) is 2.47. The largest absolute Gasteiger partial charge is 0.481 e. The quantitative estimate of drug-likeness (QED) is 0.900. The van der Waals surface area contributed by atoms with Gasteiger partial charge in [-0.05, 0) is 37.5 Å². The molecule has 0 saturated heterocycles. The molecule has 0 radical (unpaired) electrons. The molecular weight excluding hydrogens is 285 g/mol. The topological polar surface area (TPSA) is 66.4 Å². The van der Waals surface area contributed by atoms with Gasteiger partial charge in [-0.3, -0.25) is 9.59 Å². The molecule has 0 aromatic heterocycles. The Hall–Kier alpha value is -1.62. The van der Waals surface area contributed by atoms with Crippen LogP contribution in [0.5, 0.6) is 0 Å². The van der Waals surface area contributed by atoms with E-state index in [0.717, 1.165) is 6.07 Å². The number of benzene rings is 1. The van der Waals surface area contributed by atoms with Crippen molar-refractivity contribution >= 4 is 29.2 Å². The maximum absolute atomic E-state index is 13.3. The highest BCUT2D eigenvalue weighted by atomic mass is 35.5. The van der Waals surface area contributed by atoms with E-state index < -0.39 is 17.7 Å². The van der Waals surface area contributed by atoms with Crippen molar-refractivity contribution < 1.29 is 19.1 Å². The number of hydrogen-bond donors (Lipinski definition) is 2. The Labute approximate surface area is 120 Å². The lowest BCUT2D eigenvalue weighted by atomic mass is 9.81. The number of carbonyl (C=O) groups excluding carboxylic acids is 1. The molecule has 0 aliphatic heterocycles. The van der Waals surface area contributed by atoms with Gasteiger partial charge in [0.15, 0.2) is 0 Å². The van der Waals surface area contributed by atoms with E-state index in [1.165, 1.54) is 12.1 Å². The van der Waals surface area contributed by atoms with Crippen LogP contribution in [-0.4, -0.2) is 17.0 Å². The minimum absolute atomic E-state index is 0.00777. The van der Waals surface area contributed by atoms with Crippen molar-refractivity contribution in [3.63, 3.8) is 0 Å². The number of aliphatic carboxylic acids is 1. The van der Waals surface area contributed by atoms with E-state index >= 15 is 0 Å². The maximum atomic E-state index is 13.3. The lowest BCUT2D eigenvalue weighted by Crippen LogP contribution is -2.30. The molecule has 2 atom stereocenters. The van der Waals surface area contributed by atoms with Gasteiger partial charge < -0.3 is 10.4 Å². The third-order valence-electron chi connectivity index (χ3n) is 3.58. The minimum atomic E-state index is -0.861. The first-order valence-corrected chi connectivity index (χ1v) is 6.84. The van der Waals surface area contributed by atoms with Crippen molar-refractivity contribution in [1.29, 1.82) is 0 Å². The van der Waals surface area contributed by atoms with E-state index in [1.54, 1.807) is 0 Å². The Morgan fingerprint density at radius 1 is 1.30 bits per heavy atom. The van der Waals surface area contributed by atoms with Crippen LogP contribution in [0.15, 0.2) is 18.2 Å². The van der Waals surface area contributed by atoms with Gasteiger partial charge in [0.2, 0.25) is 5.91 Å². The van der Waals surface area contributed by atoms with Crippen molar-refractivity contribution in [1.82, 2.24) is 0 Å². The first kappa shape index (κ1) is 14.8. The molecule has 1 saturated carbocycles. The van der Waals surface area contributed by atoms with Crippen LogP contribution in [0.4, 0.5) is 10.1 Å². The van der Waals surface area contributed by atoms with E-state index in [2.05, 4.69) is 5.32 Å². The number of anilines is 1. The lowest BCUT2D eigenvalue weighted by molar-refractivity contribution is -0.143. The lowest BCUT2D eigenvalue weighted by Gasteiger charge is -2.25. The molecule has 20 heavy (non-hydrogen) atoms. The van der Waals surface area contributed by atoms with Gasteiger partial charge in [0.25, 0.3) is 0 Å². The zero-order chi connectivity index (χ0) is 14.7. The average Bonchev–Trinajstić information content (AvgIpc) is 2.43. The normalized spacial score (nSPS) is 22.3. The van der Waals surface area contributed by atoms with Crippen LogP contribution in [0.3, 0.4) is 0 Å². The molecule has 108 valence electrons. The highest BCUT2D eigenvalue weighted by Crippen LogP contribution is 2.30. The van der Waals surface area contributed by atoms with E-state index in [9.17, 15) is 14.0 Å². The fourth-order valence-corrected chi connectivity index (χ4v) is 2.59. The standard InChI is InChI=1S/C14H15ClFNO3/c15-11-5-4-10(7-12(11)16)17-13(18)8-2-1-3-9(6-8)14(19)20/h4-5,7-9H,1-3,6H2,(H,17,18)(H,19,20). The van der Waals surface area contributed by atoms with Crippen LogP contribution < -0.4 is 5.32 Å². The molecule has 1 aliphatic carbocycles. The van der Waals surface area contributed by atoms with Gasteiger partial charge in [-0.1, -0.05) is 18.0 Å². The smallest absolute Gasteiger partial charge is 0.306 e. The molecule has 1 fully saturated rings. The Balaban J connectivity index is 2.00. The van der Waals surface area contributed by atoms with E-state index in [1.807, 2.05) is 0 Å². The molecule has 1 aromatic rings. The predicted octanol–water partition coefficient (Wildman–Crippen LogP) is 3.31. The van der Waals surface area contributed by atoms with Crippen LogP contribution in [0, 0.1) is 17.7 Å². The van der Waals surface area contributed by atoms with Crippen molar-refractivity contribution in [2.75, 3.05) is 5.32 Å². The summed E-state index contributed by atoms with van der Waals surface area (Å²) in [5, 5.41) is 11.6. The Morgan fingerprint density at radius 3 is 2.65 bits per heavy atom. The molecule has 0 bridgehead atoms. The maximum Gasteiger partial charge on any atom is 0.306 e. The molecular formula is C14H15ClFNO3. The molecule has 1 aliphatic rings. The summed E-state index contributed by atoms with van der Waals surface area (Å²) in [7, 11) is 0. The van der Waals surface area contributed by atoms with Crippen molar-refractivity contribution in [3.8, 4) is 0 Å². The van der Waals surface area contributed by atoms with Gasteiger partial charge in [0.1, 0.15) is 5.82 Å². The van der Waals surface area contributed by atoms with Gasteiger partial charge in [-0.25, -0.2) is 4.39 Å². The summed E-state index contributed by atoms with van der Waals surface area (Å²) in [6, 6.07) is 4.03. The SMILES string of the molecule is O=C(O)C1CCCC(C(=O)Nc2ccc(Cl)c(F)c2)C1. The van der Waals surface area contributed by atoms with Gasteiger partial charge >= 0.3 is 5.97 Å². The van der Waals surface area contributed by atoms with Crippen LogP contribution in [0.1, 0.15) is 25.7 Å². The Kier molecular flexibility index (Phi) is 4.60. The molecule has 0 heterocycles. The Morgan fingerprint density at radius 2 is 2.00 bits per heavy atom. The zero-order valence-corrected chi connectivity index (χ0v) is 11.5. The number of rotatable bonds is 3. The third kappa shape index (κ3) is 3.48.